The lowest BCUT2D eigenvalue weighted by Gasteiger charge is -2.32. The van der Waals surface area contributed by atoms with E-state index in [4.69, 9.17) is 0 Å². The van der Waals surface area contributed by atoms with Gasteiger partial charge in [0.15, 0.2) is 0 Å². The molecule has 0 saturated heterocycles. The van der Waals surface area contributed by atoms with E-state index in [-0.39, 0.29) is 5.41 Å². The van der Waals surface area contributed by atoms with Crippen molar-refractivity contribution in [2.75, 3.05) is 0 Å². The lowest BCUT2D eigenvalue weighted by atomic mass is 9.86. The molecule has 0 radical (unpaired) electrons. The first-order chi connectivity index (χ1) is 9.38. The van der Waals surface area contributed by atoms with Gasteiger partial charge in [0.05, 0.1) is 12.0 Å². The van der Waals surface area contributed by atoms with Crippen LogP contribution in [0.15, 0.2) is 18.7 Å². The predicted molar refractivity (Wildman–Crippen MR) is 80.4 cm³/mol. The van der Waals surface area contributed by atoms with E-state index in [0.717, 1.165) is 24.5 Å². The number of rotatable bonds is 5. The maximum Gasteiger partial charge on any atom is 0.0946 e. The van der Waals surface area contributed by atoms with E-state index in [0.29, 0.717) is 6.04 Å². The normalized spacial score (nSPS) is 13.7. The van der Waals surface area contributed by atoms with Crippen molar-refractivity contribution in [3.63, 3.8) is 0 Å². The summed E-state index contributed by atoms with van der Waals surface area (Å²) in [5.74, 6) is 0. The Morgan fingerprint density at radius 3 is 2.60 bits per heavy atom. The van der Waals surface area contributed by atoms with Crippen LogP contribution in [-0.4, -0.2) is 25.8 Å². The number of imidazole rings is 1. The zero-order chi connectivity index (χ0) is 14.8. The van der Waals surface area contributed by atoms with E-state index in [1.165, 1.54) is 5.56 Å². The van der Waals surface area contributed by atoms with Crippen molar-refractivity contribution >= 4 is 0 Å². The van der Waals surface area contributed by atoms with Crippen molar-refractivity contribution in [2.45, 2.75) is 53.8 Å². The molecule has 5 nitrogen and oxygen atoms in total. The monoisotopic (exact) mass is 275 g/mol. The third-order valence-corrected chi connectivity index (χ3v) is 3.80. The fraction of sp³-hybridized carbons (Fsp3) is 0.600. The zero-order valence-electron chi connectivity index (χ0n) is 13.1. The fourth-order valence-electron chi connectivity index (χ4n) is 2.31. The number of nitrogens with one attached hydrogen (secondary N) is 2. The van der Waals surface area contributed by atoms with Gasteiger partial charge in [-0.15, -0.1) is 0 Å². The van der Waals surface area contributed by atoms with Gasteiger partial charge in [0.1, 0.15) is 0 Å². The Morgan fingerprint density at radius 2 is 2.10 bits per heavy atom. The number of aromatic nitrogens is 4. The largest absolute Gasteiger partial charge is 0.336 e. The molecule has 0 spiro atoms. The van der Waals surface area contributed by atoms with Gasteiger partial charge in [-0.05, 0) is 19.3 Å². The molecule has 2 aromatic rings. The molecule has 2 N–H and O–H groups in total. The van der Waals surface area contributed by atoms with Gasteiger partial charge in [-0.3, -0.25) is 5.10 Å². The molecule has 2 rings (SSSR count). The molecule has 5 heteroatoms. The minimum absolute atomic E-state index is 0.176. The van der Waals surface area contributed by atoms with Crippen LogP contribution in [0.25, 0.3) is 0 Å². The molecule has 1 atom stereocenters. The van der Waals surface area contributed by atoms with Gasteiger partial charge in [-0.25, -0.2) is 4.98 Å². The molecule has 0 aliphatic heterocycles. The molecule has 2 aromatic heterocycles. The second-order valence-electron chi connectivity index (χ2n) is 6.47. The lowest BCUT2D eigenvalue weighted by molar-refractivity contribution is 0.240. The summed E-state index contributed by atoms with van der Waals surface area (Å²) >= 11 is 0. The molecule has 2 heterocycles. The maximum atomic E-state index is 4.25. The Bertz CT molecular complexity index is 514. The molecule has 110 valence electrons. The van der Waals surface area contributed by atoms with Gasteiger partial charge in [0.25, 0.3) is 0 Å². The highest BCUT2D eigenvalue weighted by Crippen LogP contribution is 2.21. The average Bonchev–Trinajstić information content (AvgIpc) is 2.96. The van der Waals surface area contributed by atoms with Crippen LogP contribution >= 0.6 is 0 Å². The molecule has 0 fully saturated rings. The second-order valence-corrected chi connectivity index (χ2v) is 6.47. The number of aromatic amines is 1. The van der Waals surface area contributed by atoms with Crippen LogP contribution in [0.5, 0.6) is 0 Å². The van der Waals surface area contributed by atoms with Crippen LogP contribution in [0, 0.1) is 19.3 Å². The van der Waals surface area contributed by atoms with Crippen molar-refractivity contribution in [3.8, 4) is 0 Å². The molecule has 0 bridgehead atoms. The van der Waals surface area contributed by atoms with Gasteiger partial charge in [-0.1, -0.05) is 20.8 Å². The number of H-pyrrole nitrogens is 1. The van der Waals surface area contributed by atoms with E-state index in [2.05, 4.69) is 52.8 Å². The SMILES string of the molecule is Cc1n[nH]c(C)c1CNC(Cn1ccnc1)C(C)(C)C. The van der Waals surface area contributed by atoms with Crippen LogP contribution in [0.2, 0.25) is 0 Å². The summed E-state index contributed by atoms with van der Waals surface area (Å²) in [5.41, 5.74) is 3.66. The first kappa shape index (κ1) is 14.8. The number of aryl methyl sites for hydroxylation is 2. The van der Waals surface area contributed by atoms with E-state index in [9.17, 15) is 0 Å². The number of hydrogen-bond acceptors (Lipinski definition) is 3. The van der Waals surface area contributed by atoms with Crippen LogP contribution in [0.4, 0.5) is 0 Å². The van der Waals surface area contributed by atoms with Crippen molar-refractivity contribution in [1.82, 2.24) is 25.1 Å². The van der Waals surface area contributed by atoms with Gasteiger partial charge >= 0.3 is 0 Å². The fourth-order valence-corrected chi connectivity index (χ4v) is 2.31. The molecule has 0 aromatic carbocycles. The molecule has 0 amide bonds. The van der Waals surface area contributed by atoms with Gasteiger partial charge in [0.2, 0.25) is 0 Å². The summed E-state index contributed by atoms with van der Waals surface area (Å²) in [6, 6.07) is 0.366. The Labute approximate surface area is 120 Å². The van der Waals surface area contributed by atoms with Crippen LogP contribution < -0.4 is 5.32 Å². The molecule has 0 saturated carbocycles. The van der Waals surface area contributed by atoms with E-state index < -0.39 is 0 Å². The van der Waals surface area contributed by atoms with Gasteiger partial charge < -0.3 is 9.88 Å². The van der Waals surface area contributed by atoms with E-state index >= 15 is 0 Å². The summed E-state index contributed by atoms with van der Waals surface area (Å²) in [5, 5.41) is 11.0. The summed E-state index contributed by atoms with van der Waals surface area (Å²) in [4.78, 5) is 4.12. The zero-order valence-corrected chi connectivity index (χ0v) is 13.1. The van der Waals surface area contributed by atoms with Crippen molar-refractivity contribution in [3.05, 3.63) is 35.7 Å². The van der Waals surface area contributed by atoms with E-state index in [1.54, 1.807) is 0 Å². The van der Waals surface area contributed by atoms with Crippen molar-refractivity contribution < 1.29 is 0 Å². The Morgan fingerprint density at radius 1 is 1.35 bits per heavy atom. The Kier molecular flexibility index (Phi) is 4.28. The van der Waals surface area contributed by atoms with Gasteiger partial charge in [-0.2, -0.15) is 5.10 Å². The quantitative estimate of drug-likeness (QED) is 0.881. The molecular weight excluding hydrogens is 250 g/mol. The first-order valence-electron chi connectivity index (χ1n) is 7.07. The lowest BCUT2D eigenvalue weighted by Crippen LogP contribution is -2.43. The van der Waals surface area contributed by atoms with Crippen molar-refractivity contribution in [1.29, 1.82) is 0 Å². The Balaban J connectivity index is 2.05. The summed E-state index contributed by atoms with van der Waals surface area (Å²) in [6.07, 6.45) is 5.70. The third kappa shape index (κ3) is 3.48. The standard InChI is InChI=1S/C15H25N5/c1-11-13(12(2)19-18-11)8-17-14(15(3,4)5)9-20-7-6-16-10-20/h6-7,10,14,17H,8-9H2,1-5H3,(H,18,19). The summed E-state index contributed by atoms with van der Waals surface area (Å²) < 4.78 is 2.12. The number of nitrogens with zero attached hydrogens (tertiary/aromatic N) is 3. The highest BCUT2D eigenvalue weighted by Gasteiger charge is 2.25. The van der Waals surface area contributed by atoms with Crippen LogP contribution in [0.1, 0.15) is 37.7 Å². The first-order valence-corrected chi connectivity index (χ1v) is 7.07. The Hall–Kier alpha value is -1.62. The molecular formula is C15H25N5. The van der Waals surface area contributed by atoms with Crippen LogP contribution in [-0.2, 0) is 13.1 Å². The third-order valence-electron chi connectivity index (χ3n) is 3.80. The van der Waals surface area contributed by atoms with Gasteiger partial charge in [0, 0.05) is 42.8 Å². The minimum atomic E-state index is 0.176. The highest BCUT2D eigenvalue weighted by molar-refractivity contribution is 5.22. The van der Waals surface area contributed by atoms with Crippen LogP contribution in [0.3, 0.4) is 0 Å². The topological polar surface area (TPSA) is 58.5 Å². The van der Waals surface area contributed by atoms with E-state index in [1.807, 2.05) is 25.6 Å². The average molecular weight is 275 g/mol. The minimum Gasteiger partial charge on any atom is -0.336 e. The molecule has 0 aliphatic carbocycles. The predicted octanol–water partition coefficient (Wildman–Crippen LogP) is 2.43. The molecule has 1 unspecified atom stereocenters. The second kappa shape index (κ2) is 5.79. The maximum absolute atomic E-state index is 4.25. The summed E-state index contributed by atoms with van der Waals surface area (Å²) in [6.45, 7) is 12.6. The number of hydrogen-bond donors (Lipinski definition) is 2. The highest BCUT2D eigenvalue weighted by atomic mass is 15.1. The molecule has 20 heavy (non-hydrogen) atoms. The molecule has 0 aliphatic rings. The van der Waals surface area contributed by atoms with Crippen molar-refractivity contribution in [2.24, 2.45) is 5.41 Å². The smallest absolute Gasteiger partial charge is 0.0946 e. The summed E-state index contributed by atoms with van der Waals surface area (Å²) in [7, 11) is 0.